The molecule has 0 aliphatic heterocycles. The molecule has 0 aliphatic carbocycles. The van der Waals surface area contributed by atoms with Crippen LogP contribution in [0.15, 0.2) is 72.8 Å². The van der Waals surface area contributed by atoms with Crippen molar-refractivity contribution in [2.75, 3.05) is 11.9 Å². The molecule has 0 bridgehead atoms. The number of aliphatic hydroxyl groups is 1. The first-order chi connectivity index (χ1) is 19.9. The highest BCUT2D eigenvalue weighted by molar-refractivity contribution is 5.97. The molecule has 0 fully saturated rings. The molecule has 0 spiro atoms. The van der Waals surface area contributed by atoms with Crippen molar-refractivity contribution in [3.05, 3.63) is 95.1 Å². The van der Waals surface area contributed by atoms with Crippen molar-refractivity contribution in [2.24, 2.45) is 0 Å². The third-order valence-corrected chi connectivity index (χ3v) is 5.58. The Labute approximate surface area is 238 Å². The number of hydrogen-bond donors (Lipinski definition) is 6. The van der Waals surface area contributed by atoms with Crippen molar-refractivity contribution < 1.29 is 42.6 Å². The summed E-state index contributed by atoms with van der Waals surface area (Å²) in [4.78, 5) is 36.2. The lowest BCUT2D eigenvalue weighted by Gasteiger charge is -2.19. The molecule has 0 aliphatic rings. The fourth-order valence-electron chi connectivity index (χ4n) is 3.56. The number of halogens is 3. The predicted molar refractivity (Wildman–Crippen MR) is 145 cm³/mol. The maximum Gasteiger partial charge on any atom is 0.573 e. The standard InChI is InChI=1S/C29H27F3N4O6/c1-18(37)26(28(40)36-41)35-27(39)22-11-7-19(8-12-22)5-6-20-9-13-23(14-10-20)34-25(38)17-33-16-21-3-2-4-24(15-21)42-29(30,31)32/h2-4,7-15,18,26,33,37,41H,16-17H2,1H3,(H,34,38)(H,35,39)(H,36,40). The molecule has 220 valence electrons. The van der Waals surface area contributed by atoms with E-state index in [2.05, 4.69) is 32.5 Å². The number of anilines is 1. The first kappa shape index (κ1) is 31.6. The highest BCUT2D eigenvalue weighted by atomic mass is 19.4. The Morgan fingerprint density at radius 3 is 2.14 bits per heavy atom. The Balaban J connectivity index is 1.48. The summed E-state index contributed by atoms with van der Waals surface area (Å²) in [6.07, 6.45) is -6.02. The van der Waals surface area contributed by atoms with Crippen molar-refractivity contribution >= 4 is 23.4 Å². The van der Waals surface area contributed by atoms with Crippen LogP contribution in [0.2, 0.25) is 0 Å². The Hall–Kier alpha value is -4.90. The normalized spacial score (nSPS) is 12.2. The fraction of sp³-hybridized carbons (Fsp3) is 0.207. The van der Waals surface area contributed by atoms with Gasteiger partial charge in [0.15, 0.2) is 0 Å². The first-order valence-corrected chi connectivity index (χ1v) is 12.4. The van der Waals surface area contributed by atoms with Crippen LogP contribution < -0.4 is 26.2 Å². The highest BCUT2D eigenvalue weighted by Gasteiger charge is 2.31. The van der Waals surface area contributed by atoms with Gasteiger partial charge in [0.25, 0.3) is 11.8 Å². The monoisotopic (exact) mass is 584 g/mol. The Morgan fingerprint density at radius 2 is 1.57 bits per heavy atom. The molecule has 0 saturated carbocycles. The van der Waals surface area contributed by atoms with E-state index in [9.17, 15) is 32.7 Å². The van der Waals surface area contributed by atoms with E-state index in [4.69, 9.17) is 5.21 Å². The molecule has 0 aromatic heterocycles. The summed E-state index contributed by atoms with van der Waals surface area (Å²) in [6.45, 7) is 1.38. The SMILES string of the molecule is CC(O)C(NC(=O)c1ccc(C#Cc2ccc(NC(=O)CNCc3cccc(OC(F)(F)F)c3)cc2)cc1)C(=O)NO. The number of hydrogen-bond acceptors (Lipinski definition) is 7. The van der Waals surface area contributed by atoms with Gasteiger partial charge in [-0.25, -0.2) is 5.48 Å². The number of hydroxylamine groups is 1. The van der Waals surface area contributed by atoms with Crippen LogP contribution in [-0.4, -0.2) is 53.1 Å². The smallest absolute Gasteiger partial charge is 0.406 e. The van der Waals surface area contributed by atoms with Gasteiger partial charge >= 0.3 is 6.36 Å². The summed E-state index contributed by atoms with van der Waals surface area (Å²) in [5.74, 6) is 3.64. The number of nitrogens with one attached hydrogen (secondary N) is 4. The number of amides is 3. The number of aliphatic hydroxyl groups excluding tert-OH is 1. The van der Waals surface area contributed by atoms with Crippen molar-refractivity contribution in [2.45, 2.75) is 32.0 Å². The van der Waals surface area contributed by atoms with Gasteiger partial charge < -0.3 is 25.8 Å². The largest absolute Gasteiger partial charge is 0.573 e. The predicted octanol–water partition coefficient (Wildman–Crippen LogP) is 2.70. The van der Waals surface area contributed by atoms with Crippen LogP contribution in [-0.2, 0) is 16.1 Å². The number of carbonyl (C=O) groups excluding carboxylic acids is 3. The van der Waals surface area contributed by atoms with E-state index in [0.717, 1.165) is 0 Å². The first-order valence-electron chi connectivity index (χ1n) is 12.4. The lowest BCUT2D eigenvalue weighted by Crippen LogP contribution is -2.51. The van der Waals surface area contributed by atoms with Gasteiger partial charge in [-0.1, -0.05) is 24.0 Å². The molecule has 2 unspecified atom stereocenters. The number of alkyl halides is 3. The van der Waals surface area contributed by atoms with Crippen molar-refractivity contribution in [3.63, 3.8) is 0 Å². The molecule has 3 aromatic rings. The fourth-order valence-corrected chi connectivity index (χ4v) is 3.56. The second-order valence-electron chi connectivity index (χ2n) is 8.92. The van der Waals surface area contributed by atoms with Gasteiger partial charge in [-0.3, -0.25) is 19.6 Å². The van der Waals surface area contributed by atoms with Gasteiger partial charge in [0, 0.05) is 28.9 Å². The number of rotatable bonds is 10. The van der Waals surface area contributed by atoms with Crippen molar-refractivity contribution in [3.8, 4) is 17.6 Å². The molecule has 3 rings (SSSR count). The molecule has 10 nitrogen and oxygen atoms in total. The number of ether oxygens (including phenoxy) is 1. The summed E-state index contributed by atoms with van der Waals surface area (Å²) in [7, 11) is 0. The third kappa shape index (κ3) is 10.3. The van der Waals surface area contributed by atoms with Gasteiger partial charge in [-0.15, -0.1) is 13.2 Å². The molecular weight excluding hydrogens is 557 g/mol. The molecule has 3 aromatic carbocycles. The zero-order chi connectivity index (χ0) is 30.7. The zero-order valence-electron chi connectivity index (χ0n) is 22.2. The zero-order valence-corrected chi connectivity index (χ0v) is 22.2. The summed E-state index contributed by atoms with van der Waals surface area (Å²) >= 11 is 0. The van der Waals surface area contributed by atoms with Gasteiger partial charge in [0.05, 0.1) is 12.6 Å². The Kier molecular flexibility index (Phi) is 11.0. The minimum atomic E-state index is -4.78. The summed E-state index contributed by atoms with van der Waals surface area (Å²) < 4.78 is 41.0. The van der Waals surface area contributed by atoms with E-state index < -0.39 is 30.3 Å². The molecular formula is C29H27F3N4O6. The second kappa shape index (κ2) is 14.6. The van der Waals surface area contributed by atoms with E-state index in [0.29, 0.717) is 22.4 Å². The molecule has 6 N–H and O–H groups in total. The van der Waals surface area contributed by atoms with E-state index in [1.807, 2.05) is 0 Å². The quantitative estimate of drug-likeness (QED) is 0.122. The van der Waals surface area contributed by atoms with E-state index >= 15 is 0 Å². The summed E-state index contributed by atoms with van der Waals surface area (Å²) in [5, 5.41) is 26.3. The maximum absolute atomic E-state index is 12.4. The third-order valence-electron chi connectivity index (χ3n) is 5.58. The van der Waals surface area contributed by atoms with Crippen LogP contribution in [0.4, 0.5) is 18.9 Å². The molecule has 0 heterocycles. The summed E-state index contributed by atoms with van der Waals surface area (Å²) in [5.41, 5.74) is 3.91. The van der Waals surface area contributed by atoms with Gasteiger partial charge in [0.1, 0.15) is 11.8 Å². The molecule has 3 amide bonds. The second-order valence-corrected chi connectivity index (χ2v) is 8.92. The number of carbonyl (C=O) groups is 3. The average molecular weight is 585 g/mol. The average Bonchev–Trinajstić information content (AvgIpc) is 2.94. The molecule has 42 heavy (non-hydrogen) atoms. The Morgan fingerprint density at radius 1 is 0.952 bits per heavy atom. The van der Waals surface area contributed by atoms with Gasteiger partial charge in [-0.05, 0) is 73.2 Å². The summed E-state index contributed by atoms with van der Waals surface area (Å²) in [6, 6.07) is 17.0. The minimum Gasteiger partial charge on any atom is -0.406 e. The van der Waals surface area contributed by atoms with E-state index in [1.54, 1.807) is 42.5 Å². The molecule has 0 radical (unpaired) electrons. The van der Waals surface area contributed by atoms with Crippen LogP contribution in [0, 0.1) is 11.8 Å². The van der Waals surface area contributed by atoms with Crippen molar-refractivity contribution in [1.29, 1.82) is 0 Å². The van der Waals surface area contributed by atoms with Crippen LogP contribution in [0.5, 0.6) is 5.75 Å². The van der Waals surface area contributed by atoms with Gasteiger partial charge in [-0.2, -0.15) is 0 Å². The highest BCUT2D eigenvalue weighted by Crippen LogP contribution is 2.23. The van der Waals surface area contributed by atoms with Crippen LogP contribution in [0.25, 0.3) is 0 Å². The van der Waals surface area contributed by atoms with Crippen molar-refractivity contribution in [1.82, 2.24) is 16.1 Å². The molecule has 2 atom stereocenters. The van der Waals surface area contributed by atoms with Crippen LogP contribution in [0.3, 0.4) is 0 Å². The van der Waals surface area contributed by atoms with E-state index in [1.165, 1.54) is 42.7 Å². The van der Waals surface area contributed by atoms with Crippen LogP contribution >= 0.6 is 0 Å². The lowest BCUT2D eigenvalue weighted by molar-refractivity contribution is -0.274. The van der Waals surface area contributed by atoms with Crippen LogP contribution in [0.1, 0.15) is 34.0 Å². The maximum atomic E-state index is 12.4. The molecule has 13 heteroatoms. The van der Waals surface area contributed by atoms with Gasteiger partial charge in [0.2, 0.25) is 5.91 Å². The minimum absolute atomic E-state index is 0.0752. The topological polar surface area (TPSA) is 149 Å². The molecule has 0 saturated heterocycles. The Bertz CT molecular complexity index is 1450. The number of benzene rings is 3. The lowest BCUT2D eigenvalue weighted by atomic mass is 10.1. The van der Waals surface area contributed by atoms with E-state index in [-0.39, 0.29) is 30.3 Å².